The van der Waals surface area contributed by atoms with Crippen molar-refractivity contribution in [1.82, 2.24) is 31.5 Å². The van der Waals surface area contributed by atoms with Crippen LogP contribution >= 0.6 is 0 Å². The van der Waals surface area contributed by atoms with Crippen molar-refractivity contribution in [3.05, 3.63) is 29.8 Å². The first-order chi connectivity index (χ1) is 26.7. The van der Waals surface area contributed by atoms with E-state index in [9.17, 15) is 43.8 Å². The molecule has 1 heterocycles. The molecule has 2 rings (SSSR count). The Labute approximate surface area is 329 Å². The summed E-state index contributed by atoms with van der Waals surface area (Å²) in [6.45, 7) is 6.24. The number of carbonyl (C=O) groups excluding carboxylic acids is 6. The zero-order chi connectivity index (χ0) is 41.6. The molecule has 0 aromatic heterocycles. The Kier molecular flexibility index (Phi) is 21.5. The highest BCUT2D eigenvalue weighted by Crippen LogP contribution is 2.16. The molecule has 0 radical (unpaired) electrons. The number of likely N-dealkylation sites (tertiary alicyclic amines) is 1. The Morgan fingerprint density at radius 3 is 1.96 bits per heavy atom. The molecule has 0 bridgehead atoms. The van der Waals surface area contributed by atoms with Gasteiger partial charge in [0.25, 0.3) is 0 Å². The van der Waals surface area contributed by atoms with Crippen molar-refractivity contribution in [2.45, 2.75) is 134 Å². The number of benzene rings is 1. The van der Waals surface area contributed by atoms with E-state index in [-0.39, 0.29) is 30.4 Å². The number of aromatic hydroxyl groups is 1. The summed E-state index contributed by atoms with van der Waals surface area (Å²) in [5, 5.41) is 32.5. The quantitative estimate of drug-likeness (QED) is 0.0618. The first-order valence-electron chi connectivity index (χ1n) is 19.9. The van der Waals surface area contributed by atoms with Gasteiger partial charge in [-0.15, -0.1) is 0 Å². The van der Waals surface area contributed by atoms with Crippen molar-refractivity contribution in [2.75, 3.05) is 26.2 Å². The monoisotopic (exact) mass is 788 g/mol. The third kappa shape index (κ3) is 17.4. The second-order valence-electron chi connectivity index (χ2n) is 14.7. The Hall–Kier alpha value is -4.77. The van der Waals surface area contributed by atoms with E-state index in [0.29, 0.717) is 76.6 Å². The topological polar surface area (TPSA) is 275 Å². The summed E-state index contributed by atoms with van der Waals surface area (Å²) in [6, 6.07) is 1.20. The minimum absolute atomic E-state index is 0.0108. The van der Waals surface area contributed by atoms with Crippen molar-refractivity contribution in [1.29, 1.82) is 0 Å². The molecule has 1 aromatic rings. The van der Waals surface area contributed by atoms with Crippen molar-refractivity contribution >= 4 is 41.4 Å². The molecule has 1 saturated heterocycles. The normalized spacial score (nSPS) is 15.9. The summed E-state index contributed by atoms with van der Waals surface area (Å²) < 4.78 is 0. The van der Waals surface area contributed by atoms with Crippen LogP contribution in [0.5, 0.6) is 5.75 Å². The number of unbranched alkanes of at least 4 members (excludes halogenated alkanes) is 3. The number of nitrogens with two attached hydrogens (primary N) is 2. The predicted octanol–water partition coefficient (Wildman–Crippen LogP) is 0.560. The molecule has 17 nitrogen and oxygen atoms in total. The predicted molar refractivity (Wildman–Crippen MR) is 210 cm³/mol. The maximum Gasteiger partial charge on any atom is 0.326 e. The van der Waals surface area contributed by atoms with Gasteiger partial charge in [-0.2, -0.15) is 0 Å². The van der Waals surface area contributed by atoms with Gasteiger partial charge < -0.3 is 53.2 Å². The van der Waals surface area contributed by atoms with E-state index >= 15 is 0 Å². The maximum atomic E-state index is 13.6. The van der Waals surface area contributed by atoms with Gasteiger partial charge in [0.15, 0.2) is 0 Å². The highest BCUT2D eigenvalue weighted by molar-refractivity contribution is 5.93. The van der Waals surface area contributed by atoms with E-state index < -0.39 is 72.3 Å². The fourth-order valence-corrected chi connectivity index (χ4v) is 6.27. The second kappa shape index (κ2) is 25.4. The highest BCUT2D eigenvalue weighted by Gasteiger charge is 2.31. The summed E-state index contributed by atoms with van der Waals surface area (Å²) in [6.07, 6.45) is 6.82. The number of hydrogen-bond acceptors (Lipinski definition) is 10. The molecule has 6 amide bonds. The highest BCUT2D eigenvalue weighted by atomic mass is 16.4. The van der Waals surface area contributed by atoms with Gasteiger partial charge >= 0.3 is 5.97 Å². The van der Waals surface area contributed by atoms with Crippen LogP contribution in [0.15, 0.2) is 24.3 Å². The molecule has 0 saturated carbocycles. The smallest absolute Gasteiger partial charge is 0.326 e. The maximum absolute atomic E-state index is 13.6. The largest absolute Gasteiger partial charge is 0.508 e. The number of nitrogens with one attached hydrogen (secondary N) is 5. The number of phenolic OH excluding ortho intramolecular Hbond substituents is 1. The number of hydrogen-bond donors (Lipinski definition) is 9. The van der Waals surface area contributed by atoms with Gasteiger partial charge in [-0.25, -0.2) is 4.79 Å². The van der Waals surface area contributed by atoms with E-state index in [1.165, 1.54) is 19.1 Å². The van der Waals surface area contributed by atoms with E-state index in [2.05, 4.69) is 26.6 Å². The Balaban J connectivity index is 1.96. The number of amides is 6. The third-order valence-corrected chi connectivity index (χ3v) is 9.92. The Morgan fingerprint density at radius 2 is 1.36 bits per heavy atom. The summed E-state index contributed by atoms with van der Waals surface area (Å²) >= 11 is 0. The fraction of sp³-hybridized carbons (Fsp3) is 0.667. The van der Waals surface area contributed by atoms with Crippen molar-refractivity contribution in [3.8, 4) is 5.75 Å². The summed E-state index contributed by atoms with van der Waals surface area (Å²) in [7, 11) is 0. The van der Waals surface area contributed by atoms with E-state index in [1.54, 1.807) is 30.9 Å². The molecule has 6 atom stereocenters. The number of rotatable bonds is 25. The van der Waals surface area contributed by atoms with Crippen LogP contribution in [0, 0.1) is 5.92 Å². The minimum atomic E-state index is -1.20. The molecular weight excluding hydrogens is 724 g/mol. The van der Waals surface area contributed by atoms with E-state index in [0.717, 1.165) is 19.3 Å². The van der Waals surface area contributed by atoms with Crippen molar-refractivity contribution in [2.24, 2.45) is 17.4 Å². The van der Waals surface area contributed by atoms with Crippen LogP contribution in [0.1, 0.15) is 103 Å². The van der Waals surface area contributed by atoms with Crippen LogP contribution in [-0.4, -0.2) is 113 Å². The molecule has 1 aromatic carbocycles. The van der Waals surface area contributed by atoms with Crippen molar-refractivity contribution < 1.29 is 43.8 Å². The molecule has 1 unspecified atom stereocenters. The number of carboxylic acid groups (broad SMARTS) is 1. The van der Waals surface area contributed by atoms with Crippen LogP contribution in [0.3, 0.4) is 0 Å². The lowest BCUT2D eigenvalue weighted by atomic mass is 9.98. The van der Waals surface area contributed by atoms with Gasteiger partial charge in [0.2, 0.25) is 35.4 Å². The summed E-state index contributed by atoms with van der Waals surface area (Å²) in [4.78, 5) is 91.7. The molecule has 1 aliphatic heterocycles. The van der Waals surface area contributed by atoms with Gasteiger partial charge in [-0.05, 0) is 88.4 Å². The van der Waals surface area contributed by atoms with Crippen LogP contribution in [0.2, 0.25) is 0 Å². The molecule has 0 spiro atoms. The average Bonchev–Trinajstić information content (AvgIpc) is 3.18. The van der Waals surface area contributed by atoms with Gasteiger partial charge in [0, 0.05) is 25.9 Å². The molecule has 0 aliphatic carbocycles. The molecular formula is C39H64N8O9. The Morgan fingerprint density at radius 1 is 0.750 bits per heavy atom. The van der Waals surface area contributed by atoms with Crippen molar-refractivity contribution in [3.63, 3.8) is 0 Å². The number of piperidine rings is 1. The molecule has 56 heavy (non-hydrogen) atoms. The first-order valence-corrected chi connectivity index (χ1v) is 19.9. The lowest BCUT2D eigenvalue weighted by Gasteiger charge is -2.31. The molecule has 1 fully saturated rings. The van der Waals surface area contributed by atoms with Gasteiger partial charge in [-0.1, -0.05) is 45.2 Å². The average molecular weight is 789 g/mol. The second-order valence-corrected chi connectivity index (χ2v) is 14.7. The van der Waals surface area contributed by atoms with Gasteiger partial charge in [0.05, 0.1) is 12.6 Å². The van der Waals surface area contributed by atoms with E-state index in [4.69, 9.17) is 11.5 Å². The minimum Gasteiger partial charge on any atom is -0.508 e. The Bertz CT molecular complexity index is 1440. The number of carboxylic acids is 1. The first kappa shape index (κ1) is 47.4. The zero-order valence-electron chi connectivity index (χ0n) is 33.1. The van der Waals surface area contributed by atoms with E-state index in [1.807, 2.05) is 0 Å². The summed E-state index contributed by atoms with van der Waals surface area (Å²) in [5.74, 6) is -4.43. The summed E-state index contributed by atoms with van der Waals surface area (Å²) in [5.41, 5.74) is 12.0. The molecule has 11 N–H and O–H groups in total. The number of phenols is 1. The van der Waals surface area contributed by atoms with Gasteiger partial charge in [0.1, 0.15) is 29.9 Å². The fourth-order valence-electron chi connectivity index (χ4n) is 6.27. The SMILES string of the molecule is CC[C@H](C)[C@H](NC(=O)[C@H](Cc1ccc(O)cc1)NC(=O)CNC(=O)CCCCCC(NC(=O)[C@H](CCCCN)NC(=O)[C@H](C)N)C(=O)N1CCCCC1)C(=O)O. The lowest BCUT2D eigenvalue weighted by Crippen LogP contribution is -2.56. The molecule has 314 valence electrons. The standard InChI is InChI=1S/C39H64N8O9/c1-4-25(2)34(39(55)56)46-37(53)31(23-27-16-18-28(48)19-17-27)43-33(50)24-42-32(49)15-8-5-7-14-30(38(54)47-21-11-6-12-22-47)45-36(52)29(13-9-10-20-40)44-35(51)26(3)41/h16-19,25-26,29-31,34,48H,4-15,20-24,40-41H2,1-3H3,(H,42,49)(H,43,50)(H,44,51)(H,45,52)(H,46,53)(H,55,56)/t25-,26-,29-,30?,31-,34-/m0/s1. The van der Waals surface area contributed by atoms with Gasteiger partial charge in [-0.3, -0.25) is 28.8 Å². The van der Waals surface area contributed by atoms with Crippen LogP contribution < -0.4 is 38.1 Å². The van der Waals surface area contributed by atoms with Crippen LogP contribution in [-0.2, 0) is 40.0 Å². The lowest BCUT2D eigenvalue weighted by molar-refractivity contribution is -0.143. The number of nitrogens with zero attached hydrogens (tertiary/aromatic N) is 1. The molecule has 1 aliphatic rings. The molecule has 17 heteroatoms. The van der Waals surface area contributed by atoms with Crippen LogP contribution in [0.25, 0.3) is 0 Å². The third-order valence-electron chi connectivity index (χ3n) is 9.92. The van der Waals surface area contributed by atoms with Crippen LogP contribution in [0.4, 0.5) is 0 Å². The number of carbonyl (C=O) groups is 7. The zero-order valence-corrected chi connectivity index (χ0v) is 33.1. The number of aliphatic carboxylic acids is 1.